The van der Waals surface area contributed by atoms with Gasteiger partial charge < -0.3 is 15.2 Å². The fourth-order valence-corrected chi connectivity index (χ4v) is 4.83. The second-order valence-corrected chi connectivity index (χ2v) is 8.45. The summed E-state index contributed by atoms with van der Waals surface area (Å²) >= 11 is 0. The molecule has 1 saturated carbocycles. The molecule has 0 unspecified atom stereocenters. The number of ether oxygens (including phenoxy) is 1. The zero-order valence-corrected chi connectivity index (χ0v) is 17.0. The third kappa shape index (κ3) is 4.41. The number of piperidine rings is 1. The summed E-state index contributed by atoms with van der Waals surface area (Å²) in [7, 11) is 0. The number of fused-ring (bicyclic) bond motifs is 1. The summed E-state index contributed by atoms with van der Waals surface area (Å²) in [6.07, 6.45) is 5.20. The van der Waals surface area contributed by atoms with Crippen LogP contribution in [0.25, 0.3) is 0 Å². The van der Waals surface area contributed by atoms with Gasteiger partial charge in [0, 0.05) is 25.2 Å². The van der Waals surface area contributed by atoms with Gasteiger partial charge in [-0.2, -0.15) is 0 Å². The van der Waals surface area contributed by atoms with E-state index in [1.165, 1.54) is 11.3 Å². The maximum absolute atomic E-state index is 12.7. The highest BCUT2D eigenvalue weighted by atomic mass is 16.5. The van der Waals surface area contributed by atoms with Crippen LogP contribution in [0, 0.1) is 0 Å². The Morgan fingerprint density at radius 2 is 1.90 bits per heavy atom. The van der Waals surface area contributed by atoms with Crippen LogP contribution in [-0.2, 0) is 9.59 Å². The highest BCUT2D eigenvalue weighted by Crippen LogP contribution is 2.33. The van der Waals surface area contributed by atoms with E-state index in [-0.39, 0.29) is 36.5 Å². The number of aliphatic hydroxyl groups excluding tert-OH is 1. The summed E-state index contributed by atoms with van der Waals surface area (Å²) in [5.74, 6) is 0.296. The van der Waals surface area contributed by atoms with E-state index in [1.54, 1.807) is 13.0 Å². The Morgan fingerprint density at radius 3 is 2.66 bits per heavy atom. The van der Waals surface area contributed by atoms with Crippen LogP contribution in [0.1, 0.15) is 45.4 Å². The molecule has 1 aromatic carbocycles. The van der Waals surface area contributed by atoms with Gasteiger partial charge in [0.15, 0.2) is 6.10 Å². The quantitative estimate of drug-likeness (QED) is 0.802. The van der Waals surface area contributed by atoms with Crippen molar-refractivity contribution in [1.29, 1.82) is 0 Å². The SMILES string of the molecule is C[C@@H]1Oc2ccccc2N(CC(=O)NC2CCN([C@@H]3CCCC[C@H]3O)CC2)C1=O. The number of nitrogens with one attached hydrogen (secondary N) is 1. The summed E-state index contributed by atoms with van der Waals surface area (Å²) in [6, 6.07) is 7.70. The Kier molecular flexibility index (Phi) is 6.06. The van der Waals surface area contributed by atoms with Gasteiger partial charge in [-0.3, -0.25) is 19.4 Å². The van der Waals surface area contributed by atoms with E-state index < -0.39 is 6.10 Å². The topological polar surface area (TPSA) is 82.1 Å². The van der Waals surface area contributed by atoms with Crippen LogP contribution >= 0.6 is 0 Å². The van der Waals surface area contributed by atoms with Gasteiger partial charge in [0.25, 0.3) is 5.91 Å². The molecule has 2 heterocycles. The molecule has 0 spiro atoms. The molecule has 1 aliphatic carbocycles. The van der Waals surface area contributed by atoms with Crippen molar-refractivity contribution in [2.45, 2.75) is 69.7 Å². The van der Waals surface area contributed by atoms with E-state index in [0.717, 1.165) is 45.2 Å². The molecule has 1 aromatic rings. The molecule has 2 aliphatic heterocycles. The minimum Gasteiger partial charge on any atom is -0.479 e. The molecule has 158 valence electrons. The van der Waals surface area contributed by atoms with Gasteiger partial charge in [0.05, 0.1) is 11.8 Å². The van der Waals surface area contributed by atoms with Crippen LogP contribution in [0.4, 0.5) is 5.69 Å². The van der Waals surface area contributed by atoms with E-state index in [4.69, 9.17) is 4.74 Å². The molecular formula is C22H31N3O4. The van der Waals surface area contributed by atoms with Gasteiger partial charge in [-0.25, -0.2) is 0 Å². The first kappa shape index (κ1) is 20.2. The van der Waals surface area contributed by atoms with E-state index in [0.29, 0.717) is 11.4 Å². The van der Waals surface area contributed by atoms with E-state index >= 15 is 0 Å². The number of rotatable bonds is 4. The Balaban J connectivity index is 1.31. The van der Waals surface area contributed by atoms with Crippen LogP contribution in [-0.4, -0.2) is 65.7 Å². The van der Waals surface area contributed by atoms with Crippen molar-refractivity contribution in [1.82, 2.24) is 10.2 Å². The number of likely N-dealkylation sites (tertiary alicyclic amines) is 1. The molecular weight excluding hydrogens is 370 g/mol. The van der Waals surface area contributed by atoms with Crippen LogP contribution in [0.15, 0.2) is 24.3 Å². The Labute approximate surface area is 172 Å². The Hall–Kier alpha value is -2.12. The maximum Gasteiger partial charge on any atom is 0.268 e. The molecule has 7 nitrogen and oxygen atoms in total. The molecule has 3 aliphatic rings. The average Bonchev–Trinajstić information content (AvgIpc) is 2.72. The molecule has 0 bridgehead atoms. The molecule has 0 aromatic heterocycles. The van der Waals surface area contributed by atoms with Crippen molar-refractivity contribution in [3.63, 3.8) is 0 Å². The lowest BCUT2D eigenvalue weighted by Crippen LogP contribution is -2.54. The predicted molar refractivity (Wildman–Crippen MR) is 110 cm³/mol. The lowest BCUT2D eigenvalue weighted by molar-refractivity contribution is -0.128. The first-order chi connectivity index (χ1) is 14.0. The molecule has 2 amide bonds. The zero-order valence-electron chi connectivity index (χ0n) is 17.0. The fourth-order valence-electron chi connectivity index (χ4n) is 4.83. The molecule has 2 N–H and O–H groups in total. The van der Waals surface area contributed by atoms with Crippen LogP contribution in [0.5, 0.6) is 5.75 Å². The molecule has 4 rings (SSSR count). The number of hydrogen-bond acceptors (Lipinski definition) is 5. The number of aliphatic hydroxyl groups is 1. The smallest absolute Gasteiger partial charge is 0.268 e. The van der Waals surface area contributed by atoms with Crippen molar-refractivity contribution in [3.05, 3.63) is 24.3 Å². The van der Waals surface area contributed by atoms with Crippen molar-refractivity contribution >= 4 is 17.5 Å². The van der Waals surface area contributed by atoms with Crippen molar-refractivity contribution in [2.75, 3.05) is 24.5 Å². The summed E-state index contributed by atoms with van der Waals surface area (Å²) in [4.78, 5) is 29.1. The summed E-state index contributed by atoms with van der Waals surface area (Å²) in [5, 5.41) is 13.4. The minimum absolute atomic E-state index is 0.00506. The van der Waals surface area contributed by atoms with E-state index in [2.05, 4.69) is 10.2 Å². The maximum atomic E-state index is 12.7. The van der Waals surface area contributed by atoms with Crippen molar-refractivity contribution in [2.24, 2.45) is 0 Å². The molecule has 2 fully saturated rings. The monoisotopic (exact) mass is 401 g/mol. The number of amides is 2. The van der Waals surface area contributed by atoms with Crippen molar-refractivity contribution < 1.29 is 19.4 Å². The number of carbonyl (C=O) groups is 2. The highest BCUT2D eigenvalue weighted by Gasteiger charge is 2.34. The van der Waals surface area contributed by atoms with Gasteiger partial charge >= 0.3 is 0 Å². The second-order valence-electron chi connectivity index (χ2n) is 8.45. The summed E-state index contributed by atoms with van der Waals surface area (Å²) in [6.45, 7) is 3.50. The number of benzene rings is 1. The van der Waals surface area contributed by atoms with Gasteiger partial charge in [-0.15, -0.1) is 0 Å². The van der Waals surface area contributed by atoms with E-state index in [1.807, 2.05) is 18.2 Å². The highest BCUT2D eigenvalue weighted by molar-refractivity contribution is 6.03. The number of para-hydroxylation sites is 2. The molecule has 0 radical (unpaired) electrons. The minimum atomic E-state index is -0.595. The van der Waals surface area contributed by atoms with Gasteiger partial charge in [-0.1, -0.05) is 25.0 Å². The van der Waals surface area contributed by atoms with Crippen molar-refractivity contribution in [3.8, 4) is 5.75 Å². The van der Waals surface area contributed by atoms with Crippen LogP contribution < -0.4 is 15.0 Å². The second kappa shape index (κ2) is 8.71. The average molecular weight is 402 g/mol. The Bertz CT molecular complexity index is 747. The Morgan fingerprint density at radius 1 is 1.17 bits per heavy atom. The number of hydrogen-bond donors (Lipinski definition) is 2. The van der Waals surface area contributed by atoms with Gasteiger partial charge in [0.2, 0.25) is 5.91 Å². The number of anilines is 1. The van der Waals surface area contributed by atoms with E-state index in [9.17, 15) is 14.7 Å². The normalized spacial score (nSPS) is 28.6. The number of nitrogens with zero attached hydrogens (tertiary/aromatic N) is 2. The summed E-state index contributed by atoms with van der Waals surface area (Å²) < 4.78 is 5.64. The fraction of sp³-hybridized carbons (Fsp3) is 0.636. The molecule has 1 saturated heterocycles. The first-order valence-electron chi connectivity index (χ1n) is 10.8. The summed E-state index contributed by atoms with van der Waals surface area (Å²) in [5.41, 5.74) is 0.645. The van der Waals surface area contributed by atoms with Gasteiger partial charge in [-0.05, 0) is 44.7 Å². The first-order valence-corrected chi connectivity index (χ1v) is 10.8. The number of carbonyl (C=O) groups excluding carboxylic acids is 2. The largest absolute Gasteiger partial charge is 0.479 e. The third-order valence-corrected chi connectivity index (χ3v) is 6.43. The predicted octanol–water partition coefficient (Wildman–Crippen LogP) is 1.68. The zero-order chi connectivity index (χ0) is 20.4. The standard InChI is InChI=1S/C22H31N3O4/c1-15-22(28)25(18-7-3-5-9-20(18)29-15)14-21(27)23-16-10-12-24(13-11-16)17-6-2-4-8-19(17)26/h3,5,7,9,15-17,19,26H,2,4,6,8,10-14H2,1H3,(H,23,27)/t15-,17+,19+/m0/s1. The molecule has 3 atom stereocenters. The van der Waals surface area contributed by atoms with Gasteiger partial charge in [0.1, 0.15) is 12.3 Å². The molecule has 7 heteroatoms. The molecule has 29 heavy (non-hydrogen) atoms. The van der Waals surface area contributed by atoms with Crippen LogP contribution in [0.3, 0.4) is 0 Å². The lowest BCUT2D eigenvalue weighted by Gasteiger charge is -2.41. The lowest BCUT2D eigenvalue weighted by atomic mass is 9.89. The van der Waals surface area contributed by atoms with Crippen LogP contribution in [0.2, 0.25) is 0 Å². The third-order valence-electron chi connectivity index (χ3n) is 6.43.